The van der Waals surface area contributed by atoms with Crippen molar-refractivity contribution < 1.29 is 30.5 Å². The summed E-state index contributed by atoms with van der Waals surface area (Å²) in [4.78, 5) is 9.76. The summed E-state index contributed by atoms with van der Waals surface area (Å²) in [6, 6.07) is 2.31. The number of hydrogen-bond donors (Lipinski definition) is 2. The predicted octanol–water partition coefficient (Wildman–Crippen LogP) is -1.01. The topological polar surface area (TPSA) is 81.2 Å². The van der Waals surface area contributed by atoms with Crippen LogP contribution >= 0.6 is 0 Å². The zero-order chi connectivity index (χ0) is 13.1. The molecule has 0 heterocycles. The largest absolute Gasteiger partial charge is 1.00 e. The molecule has 0 atom stereocenters. The SMILES string of the molecule is NCCNc1ccc(C(F)(F)F)cc1[N+](=O)[O-].[Cl-]. The van der Waals surface area contributed by atoms with Crippen molar-refractivity contribution in [3.8, 4) is 0 Å². The minimum absolute atomic E-state index is 0. The van der Waals surface area contributed by atoms with E-state index >= 15 is 0 Å². The second-order valence-electron chi connectivity index (χ2n) is 3.20. The van der Waals surface area contributed by atoms with Gasteiger partial charge in [0.25, 0.3) is 5.69 Å². The average Bonchev–Trinajstić information content (AvgIpc) is 2.24. The molecule has 0 fully saturated rings. The van der Waals surface area contributed by atoms with E-state index in [4.69, 9.17) is 5.73 Å². The van der Waals surface area contributed by atoms with E-state index in [2.05, 4.69) is 5.32 Å². The molecule has 1 rings (SSSR count). The molecule has 102 valence electrons. The number of hydrogen-bond acceptors (Lipinski definition) is 4. The number of alkyl halides is 3. The molecule has 5 nitrogen and oxygen atoms in total. The van der Waals surface area contributed by atoms with E-state index in [1.807, 2.05) is 0 Å². The first-order valence-corrected chi connectivity index (χ1v) is 4.66. The Hall–Kier alpha value is -1.54. The maximum Gasteiger partial charge on any atom is 0.416 e. The van der Waals surface area contributed by atoms with E-state index < -0.39 is 22.4 Å². The number of nitro groups is 1. The number of anilines is 1. The molecule has 3 N–H and O–H groups in total. The minimum atomic E-state index is -4.60. The van der Waals surface area contributed by atoms with E-state index in [0.29, 0.717) is 6.07 Å². The first kappa shape index (κ1) is 16.5. The van der Waals surface area contributed by atoms with E-state index in [9.17, 15) is 23.3 Å². The van der Waals surface area contributed by atoms with Crippen LogP contribution in [0, 0.1) is 10.1 Å². The first-order chi connectivity index (χ1) is 7.86. The fourth-order valence-electron chi connectivity index (χ4n) is 1.22. The molecular formula is C9H10ClF3N3O2-. The van der Waals surface area contributed by atoms with Crippen LogP contribution in [0.15, 0.2) is 18.2 Å². The van der Waals surface area contributed by atoms with Crippen LogP contribution in [0.1, 0.15) is 5.56 Å². The summed E-state index contributed by atoms with van der Waals surface area (Å²) in [5.41, 5.74) is 3.54. The molecule has 1 aromatic carbocycles. The Morgan fingerprint density at radius 3 is 2.44 bits per heavy atom. The van der Waals surface area contributed by atoms with Crippen molar-refractivity contribution in [2.75, 3.05) is 18.4 Å². The van der Waals surface area contributed by atoms with Gasteiger partial charge in [-0.15, -0.1) is 0 Å². The maximum atomic E-state index is 12.4. The highest BCUT2D eigenvalue weighted by molar-refractivity contribution is 5.62. The third-order valence-electron chi connectivity index (χ3n) is 1.98. The van der Waals surface area contributed by atoms with E-state index in [1.165, 1.54) is 0 Å². The second-order valence-corrected chi connectivity index (χ2v) is 3.20. The third-order valence-corrected chi connectivity index (χ3v) is 1.98. The molecule has 0 amide bonds. The Bertz CT molecular complexity index is 426. The molecule has 0 aliphatic carbocycles. The van der Waals surface area contributed by atoms with Crippen molar-refractivity contribution in [1.29, 1.82) is 0 Å². The first-order valence-electron chi connectivity index (χ1n) is 4.66. The smallest absolute Gasteiger partial charge is 0.416 e. The zero-order valence-corrected chi connectivity index (χ0v) is 9.76. The fourth-order valence-corrected chi connectivity index (χ4v) is 1.22. The zero-order valence-electron chi connectivity index (χ0n) is 9.00. The monoisotopic (exact) mass is 284 g/mol. The molecule has 0 aliphatic rings. The summed E-state index contributed by atoms with van der Waals surface area (Å²) in [6.07, 6.45) is -4.60. The van der Waals surface area contributed by atoms with Crippen LogP contribution in [-0.2, 0) is 6.18 Å². The van der Waals surface area contributed by atoms with Crippen LogP contribution in [0.5, 0.6) is 0 Å². The summed E-state index contributed by atoms with van der Waals surface area (Å²) < 4.78 is 37.1. The summed E-state index contributed by atoms with van der Waals surface area (Å²) in [7, 11) is 0. The van der Waals surface area contributed by atoms with Gasteiger partial charge >= 0.3 is 6.18 Å². The van der Waals surface area contributed by atoms with Crippen molar-refractivity contribution in [2.24, 2.45) is 5.73 Å². The number of benzene rings is 1. The van der Waals surface area contributed by atoms with Gasteiger partial charge in [-0.25, -0.2) is 0 Å². The third kappa shape index (κ3) is 4.04. The Morgan fingerprint density at radius 2 is 2.00 bits per heavy atom. The van der Waals surface area contributed by atoms with Gasteiger partial charge in [-0.2, -0.15) is 13.2 Å². The van der Waals surface area contributed by atoms with Crippen LogP contribution in [0.4, 0.5) is 24.5 Å². The van der Waals surface area contributed by atoms with Gasteiger partial charge in [-0.3, -0.25) is 10.1 Å². The second kappa shape index (κ2) is 6.41. The molecule has 0 radical (unpaired) electrons. The van der Waals surface area contributed by atoms with E-state index in [0.717, 1.165) is 12.1 Å². The van der Waals surface area contributed by atoms with E-state index in [-0.39, 0.29) is 31.2 Å². The Morgan fingerprint density at radius 1 is 1.39 bits per heavy atom. The Kier molecular flexibility index (Phi) is 5.86. The highest BCUT2D eigenvalue weighted by Crippen LogP contribution is 2.34. The van der Waals surface area contributed by atoms with Crippen LogP contribution in [0.3, 0.4) is 0 Å². The number of rotatable bonds is 4. The summed E-state index contributed by atoms with van der Waals surface area (Å²) >= 11 is 0. The van der Waals surface area contributed by atoms with Crippen molar-refractivity contribution in [3.05, 3.63) is 33.9 Å². The lowest BCUT2D eigenvalue weighted by Gasteiger charge is -2.09. The van der Waals surface area contributed by atoms with Crippen molar-refractivity contribution in [1.82, 2.24) is 0 Å². The number of nitrogens with one attached hydrogen (secondary N) is 1. The molecule has 9 heteroatoms. The number of nitrogens with two attached hydrogens (primary N) is 1. The summed E-state index contributed by atoms with van der Waals surface area (Å²) in [5, 5.41) is 13.2. The van der Waals surface area contributed by atoms with Gasteiger partial charge in [0, 0.05) is 19.2 Å². The highest BCUT2D eigenvalue weighted by Gasteiger charge is 2.32. The van der Waals surface area contributed by atoms with Crippen molar-refractivity contribution >= 4 is 11.4 Å². The summed E-state index contributed by atoms with van der Waals surface area (Å²) in [5.74, 6) is 0. The minimum Gasteiger partial charge on any atom is -1.00 e. The van der Waals surface area contributed by atoms with Gasteiger partial charge in [0.2, 0.25) is 0 Å². The number of halogens is 4. The van der Waals surface area contributed by atoms with Gasteiger partial charge in [-0.1, -0.05) is 0 Å². The molecule has 0 unspecified atom stereocenters. The molecule has 18 heavy (non-hydrogen) atoms. The molecule has 1 aromatic rings. The van der Waals surface area contributed by atoms with Gasteiger partial charge in [0.15, 0.2) is 0 Å². The van der Waals surface area contributed by atoms with Crippen molar-refractivity contribution in [3.63, 3.8) is 0 Å². The van der Waals surface area contributed by atoms with Crippen molar-refractivity contribution in [2.45, 2.75) is 6.18 Å². The molecule has 0 spiro atoms. The van der Waals surface area contributed by atoms with Crippen LogP contribution < -0.4 is 23.5 Å². The molecule has 0 aromatic heterocycles. The average molecular weight is 285 g/mol. The number of nitro benzene ring substituents is 1. The Balaban J connectivity index is 0.00000289. The molecule has 0 saturated heterocycles. The van der Waals surface area contributed by atoms with Crippen LogP contribution in [0.2, 0.25) is 0 Å². The Labute approximate surface area is 107 Å². The van der Waals surface area contributed by atoms with Gasteiger partial charge in [-0.05, 0) is 12.1 Å². The highest BCUT2D eigenvalue weighted by atomic mass is 35.5. The van der Waals surface area contributed by atoms with Crippen LogP contribution in [0.25, 0.3) is 0 Å². The quantitative estimate of drug-likeness (QED) is 0.548. The lowest BCUT2D eigenvalue weighted by Crippen LogP contribution is -3.00. The lowest BCUT2D eigenvalue weighted by molar-refractivity contribution is -0.384. The summed E-state index contributed by atoms with van der Waals surface area (Å²) in [6.45, 7) is 0.463. The number of nitrogens with zero attached hydrogens (tertiary/aromatic N) is 1. The molecule has 0 aliphatic heterocycles. The van der Waals surface area contributed by atoms with Crippen LogP contribution in [-0.4, -0.2) is 18.0 Å². The lowest BCUT2D eigenvalue weighted by atomic mass is 10.1. The normalized spacial score (nSPS) is 10.7. The maximum absolute atomic E-state index is 12.4. The van der Waals surface area contributed by atoms with Gasteiger partial charge in [0.05, 0.1) is 10.5 Å². The predicted molar refractivity (Wildman–Crippen MR) is 55.6 cm³/mol. The molecular weight excluding hydrogens is 275 g/mol. The van der Waals surface area contributed by atoms with Gasteiger partial charge in [0.1, 0.15) is 5.69 Å². The fraction of sp³-hybridized carbons (Fsp3) is 0.333. The van der Waals surface area contributed by atoms with E-state index in [1.54, 1.807) is 0 Å². The molecule has 0 saturated carbocycles. The molecule has 0 bridgehead atoms. The standard InChI is InChI=1S/C9H10F3N3O2.ClH/c10-9(11,12)6-1-2-7(14-4-3-13)8(5-6)15(16)17;/h1-2,5,14H,3-4,13H2;1H/p-1. The van der Waals surface area contributed by atoms with Gasteiger partial charge < -0.3 is 23.5 Å².